The SMILES string of the molecule is COc1cc(N2CCC(N3CCN(C)CC3)CC2)ccc1Nc1ncc(Cl)c(Nc2ccccc2S(=O)(=O)NCC(C)C)n1. The predicted octanol–water partition coefficient (Wildman–Crippen LogP) is 4.78. The van der Waals surface area contributed by atoms with Crippen LogP contribution in [0.4, 0.5) is 28.8 Å². The molecule has 0 spiro atoms. The third-order valence-electron chi connectivity index (χ3n) is 8.17. The number of likely N-dealkylation sites (N-methyl/N-ethyl adjacent to an activating group) is 1. The second-order valence-corrected chi connectivity index (χ2v) is 14.0. The molecule has 2 aliphatic rings. The molecule has 0 bridgehead atoms. The molecule has 0 saturated carbocycles. The zero-order valence-corrected chi connectivity index (χ0v) is 27.5. The van der Waals surface area contributed by atoms with E-state index in [4.69, 9.17) is 16.3 Å². The van der Waals surface area contributed by atoms with Crippen LogP contribution in [-0.2, 0) is 10.0 Å². The molecule has 3 aromatic rings. The normalized spacial score (nSPS) is 17.2. The molecular weight excluding hydrogens is 600 g/mol. The molecule has 0 radical (unpaired) electrons. The van der Waals surface area contributed by atoms with E-state index in [1.54, 1.807) is 31.4 Å². The minimum Gasteiger partial charge on any atom is -0.494 e. The number of piperazine rings is 1. The van der Waals surface area contributed by atoms with Crippen LogP contribution in [0, 0.1) is 5.92 Å². The van der Waals surface area contributed by atoms with Crippen molar-refractivity contribution < 1.29 is 13.2 Å². The number of rotatable bonds is 11. The minimum atomic E-state index is -3.75. The van der Waals surface area contributed by atoms with Crippen molar-refractivity contribution in [2.24, 2.45) is 5.92 Å². The second kappa shape index (κ2) is 14.3. The molecule has 0 atom stereocenters. The number of para-hydroxylation sites is 1. The van der Waals surface area contributed by atoms with Crippen molar-refractivity contribution in [1.82, 2.24) is 24.5 Å². The van der Waals surface area contributed by atoms with Gasteiger partial charge in [-0.05, 0) is 50.1 Å². The summed E-state index contributed by atoms with van der Waals surface area (Å²) in [4.78, 5) is 16.5. The summed E-state index contributed by atoms with van der Waals surface area (Å²) in [6, 6.07) is 13.4. The number of benzene rings is 2. The number of sulfonamides is 1. The second-order valence-electron chi connectivity index (χ2n) is 11.8. The van der Waals surface area contributed by atoms with Crippen LogP contribution in [0.1, 0.15) is 26.7 Å². The Morgan fingerprint density at radius 1 is 1.00 bits per heavy atom. The summed E-state index contributed by atoms with van der Waals surface area (Å²) in [7, 11) is 0.0902. The van der Waals surface area contributed by atoms with E-state index in [1.807, 2.05) is 26.0 Å². The van der Waals surface area contributed by atoms with Gasteiger partial charge in [-0.15, -0.1) is 0 Å². The van der Waals surface area contributed by atoms with Crippen molar-refractivity contribution in [2.75, 3.05) is 75.5 Å². The van der Waals surface area contributed by atoms with E-state index in [-0.39, 0.29) is 27.6 Å². The number of hydrogen-bond acceptors (Lipinski definition) is 10. The molecule has 1 aromatic heterocycles. The Bertz CT molecular complexity index is 1520. The smallest absolute Gasteiger partial charge is 0.242 e. The highest BCUT2D eigenvalue weighted by Gasteiger charge is 2.27. The van der Waals surface area contributed by atoms with Crippen LogP contribution in [0.2, 0.25) is 5.02 Å². The van der Waals surface area contributed by atoms with Gasteiger partial charge in [-0.1, -0.05) is 37.6 Å². The number of anilines is 5. The Morgan fingerprint density at radius 3 is 2.43 bits per heavy atom. The molecular formula is C31H43ClN8O3S. The fraction of sp³-hybridized carbons (Fsp3) is 0.484. The summed E-state index contributed by atoms with van der Waals surface area (Å²) in [5, 5.41) is 6.57. The lowest BCUT2D eigenvalue weighted by Gasteiger charge is -2.42. The molecule has 238 valence electrons. The molecule has 3 heterocycles. The molecule has 2 aliphatic heterocycles. The van der Waals surface area contributed by atoms with E-state index in [1.165, 1.54) is 6.20 Å². The van der Waals surface area contributed by atoms with Crippen molar-refractivity contribution in [3.8, 4) is 5.75 Å². The van der Waals surface area contributed by atoms with Crippen LogP contribution in [0.25, 0.3) is 0 Å². The van der Waals surface area contributed by atoms with Gasteiger partial charge in [-0.3, -0.25) is 4.90 Å². The first kappa shape index (κ1) is 32.2. The first-order valence-corrected chi connectivity index (χ1v) is 17.0. The van der Waals surface area contributed by atoms with Crippen molar-refractivity contribution in [1.29, 1.82) is 0 Å². The Kier molecular flexibility index (Phi) is 10.5. The van der Waals surface area contributed by atoms with Gasteiger partial charge in [0.1, 0.15) is 15.7 Å². The lowest BCUT2D eigenvalue weighted by molar-refractivity contribution is 0.0982. The highest BCUT2D eigenvalue weighted by molar-refractivity contribution is 7.89. The highest BCUT2D eigenvalue weighted by atomic mass is 35.5. The van der Waals surface area contributed by atoms with Crippen molar-refractivity contribution in [3.05, 3.63) is 53.7 Å². The van der Waals surface area contributed by atoms with Gasteiger partial charge in [-0.2, -0.15) is 4.98 Å². The fourth-order valence-corrected chi connectivity index (χ4v) is 7.09. The van der Waals surface area contributed by atoms with Crippen LogP contribution in [0.15, 0.2) is 53.6 Å². The van der Waals surface area contributed by atoms with Gasteiger partial charge < -0.3 is 25.2 Å². The van der Waals surface area contributed by atoms with Crippen LogP contribution in [-0.4, -0.2) is 94.2 Å². The summed E-state index contributed by atoms with van der Waals surface area (Å²) in [6.45, 7) is 10.8. The molecule has 2 aromatic carbocycles. The van der Waals surface area contributed by atoms with E-state index >= 15 is 0 Å². The average Bonchev–Trinajstić information content (AvgIpc) is 3.02. The van der Waals surface area contributed by atoms with Gasteiger partial charge in [0.2, 0.25) is 16.0 Å². The van der Waals surface area contributed by atoms with Crippen molar-refractivity contribution in [3.63, 3.8) is 0 Å². The molecule has 0 aliphatic carbocycles. The minimum absolute atomic E-state index is 0.106. The quantitative estimate of drug-likeness (QED) is 0.270. The third kappa shape index (κ3) is 7.91. The number of halogens is 1. The molecule has 44 heavy (non-hydrogen) atoms. The third-order valence-corrected chi connectivity index (χ3v) is 9.93. The Morgan fingerprint density at radius 2 is 1.73 bits per heavy atom. The van der Waals surface area contributed by atoms with E-state index in [0.29, 0.717) is 29.7 Å². The molecule has 0 unspecified atom stereocenters. The van der Waals surface area contributed by atoms with Gasteiger partial charge in [0, 0.05) is 63.6 Å². The largest absolute Gasteiger partial charge is 0.494 e. The van der Waals surface area contributed by atoms with Crippen molar-refractivity contribution >= 4 is 50.5 Å². The monoisotopic (exact) mass is 642 g/mol. The van der Waals surface area contributed by atoms with Crippen LogP contribution in [0.3, 0.4) is 0 Å². The summed E-state index contributed by atoms with van der Waals surface area (Å²) in [5.74, 6) is 1.40. The summed E-state index contributed by atoms with van der Waals surface area (Å²) < 4.78 is 34.4. The lowest BCUT2D eigenvalue weighted by Crippen LogP contribution is -2.52. The van der Waals surface area contributed by atoms with Crippen LogP contribution < -0.4 is 25.0 Å². The maximum atomic E-state index is 13.0. The molecule has 3 N–H and O–H groups in total. The Balaban J connectivity index is 1.27. The molecule has 5 rings (SSSR count). The maximum absolute atomic E-state index is 13.0. The number of nitrogens with one attached hydrogen (secondary N) is 3. The number of methoxy groups -OCH3 is 1. The highest BCUT2D eigenvalue weighted by Crippen LogP contribution is 2.34. The van der Waals surface area contributed by atoms with Gasteiger partial charge >= 0.3 is 0 Å². The molecule has 13 heteroatoms. The predicted molar refractivity (Wildman–Crippen MR) is 177 cm³/mol. The first-order chi connectivity index (χ1) is 21.1. The number of hydrogen-bond donors (Lipinski definition) is 3. The number of ether oxygens (including phenoxy) is 1. The number of nitrogens with zero attached hydrogens (tertiary/aromatic N) is 5. The number of aromatic nitrogens is 2. The zero-order chi connectivity index (χ0) is 31.3. The van der Waals surface area contributed by atoms with E-state index < -0.39 is 10.0 Å². The summed E-state index contributed by atoms with van der Waals surface area (Å²) >= 11 is 6.43. The van der Waals surface area contributed by atoms with E-state index in [0.717, 1.165) is 57.8 Å². The van der Waals surface area contributed by atoms with Gasteiger partial charge in [0.15, 0.2) is 5.82 Å². The average molecular weight is 643 g/mol. The topological polar surface area (TPSA) is 115 Å². The van der Waals surface area contributed by atoms with E-state index in [2.05, 4.69) is 53.1 Å². The van der Waals surface area contributed by atoms with Crippen molar-refractivity contribution in [2.45, 2.75) is 37.6 Å². The fourth-order valence-electron chi connectivity index (χ4n) is 5.58. The maximum Gasteiger partial charge on any atom is 0.242 e. The van der Waals surface area contributed by atoms with Gasteiger partial charge in [-0.25, -0.2) is 18.1 Å². The standard InChI is InChI=1S/C31H43ClN8O3S/c1-22(2)20-34-44(41,42)29-8-6-5-7-27(29)35-30-25(32)21-33-31(37-30)36-26-10-9-24(19-28(26)43-4)39-13-11-23(12-14-39)40-17-15-38(3)16-18-40/h5-10,19,21-23,34H,11-18,20H2,1-4H3,(H2,33,35,36,37). The first-order valence-electron chi connectivity index (χ1n) is 15.1. The summed E-state index contributed by atoms with van der Waals surface area (Å²) in [5.41, 5.74) is 2.18. The molecule has 0 amide bonds. The van der Waals surface area contributed by atoms with Crippen LogP contribution >= 0.6 is 11.6 Å². The number of piperidine rings is 1. The van der Waals surface area contributed by atoms with E-state index in [9.17, 15) is 8.42 Å². The summed E-state index contributed by atoms with van der Waals surface area (Å²) in [6.07, 6.45) is 3.77. The van der Waals surface area contributed by atoms with Gasteiger partial charge in [0.05, 0.1) is 24.7 Å². The molecule has 2 fully saturated rings. The molecule has 11 nitrogen and oxygen atoms in total. The Hall–Kier alpha value is -3.16. The molecule has 2 saturated heterocycles. The lowest BCUT2D eigenvalue weighted by atomic mass is 10.0. The van der Waals surface area contributed by atoms with Gasteiger partial charge in [0.25, 0.3) is 0 Å². The zero-order valence-electron chi connectivity index (χ0n) is 25.9. The Labute approximate surface area is 266 Å². The van der Waals surface area contributed by atoms with Crippen LogP contribution in [0.5, 0.6) is 5.75 Å².